The van der Waals surface area contributed by atoms with Crippen LogP contribution in [-0.2, 0) is 0 Å². The predicted molar refractivity (Wildman–Crippen MR) is 61.2 cm³/mol. The van der Waals surface area contributed by atoms with E-state index in [0.29, 0.717) is 5.75 Å². The smallest absolute Gasteiger partial charge is 0.124 e. The van der Waals surface area contributed by atoms with Gasteiger partial charge in [0.25, 0.3) is 0 Å². The number of rotatable bonds is 1. The van der Waals surface area contributed by atoms with E-state index >= 15 is 0 Å². The summed E-state index contributed by atoms with van der Waals surface area (Å²) in [5.41, 5.74) is 1.85. The molecule has 0 atom stereocenters. The van der Waals surface area contributed by atoms with Crippen molar-refractivity contribution in [1.29, 1.82) is 0 Å². The molecule has 2 aromatic carbocycles. The second-order valence-corrected chi connectivity index (χ2v) is 3.85. The Morgan fingerprint density at radius 2 is 1.57 bits per heavy atom. The monoisotopic (exact) mass is 248 g/mol. The Labute approximate surface area is 91.2 Å². The van der Waals surface area contributed by atoms with Crippen molar-refractivity contribution in [2.75, 3.05) is 0 Å². The highest BCUT2D eigenvalue weighted by Gasteiger charge is 2.06. The topological polar surface area (TPSA) is 20.2 Å². The normalized spacial score (nSPS) is 10.1. The third-order valence-electron chi connectivity index (χ3n) is 2.05. The highest BCUT2D eigenvalue weighted by atomic mass is 79.9. The molecule has 0 spiro atoms. The van der Waals surface area contributed by atoms with E-state index in [2.05, 4.69) is 15.9 Å². The van der Waals surface area contributed by atoms with E-state index in [1.54, 1.807) is 6.07 Å². The summed E-state index contributed by atoms with van der Waals surface area (Å²) in [5.74, 6) is 0.297. The van der Waals surface area contributed by atoms with Crippen molar-refractivity contribution in [3.05, 3.63) is 53.0 Å². The predicted octanol–water partition coefficient (Wildman–Crippen LogP) is 3.82. The molecule has 2 aromatic rings. The van der Waals surface area contributed by atoms with Crippen molar-refractivity contribution in [2.24, 2.45) is 0 Å². The summed E-state index contributed by atoms with van der Waals surface area (Å²) in [6.45, 7) is 0. The van der Waals surface area contributed by atoms with Crippen LogP contribution in [-0.4, -0.2) is 5.11 Å². The first-order valence-electron chi connectivity index (χ1n) is 4.32. The number of hydrogen-bond donors (Lipinski definition) is 1. The Balaban J connectivity index is 2.63. The molecule has 2 heteroatoms. The van der Waals surface area contributed by atoms with Gasteiger partial charge in [-0.05, 0) is 17.7 Å². The van der Waals surface area contributed by atoms with Gasteiger partial charge in [-0.25, -0.2) is 0 Å². The van der Waals surface area contributed by atoms with Crippen molar-refractivity contribution >= 4 is 15.9 Å². The summed E-state index contributed by atoms with van der Waals surface area (Å²) in [4.78, 5) is 0. The first-order valence-corrected chi connectivity index (χ1v) is 5.11. The van der Waals surface area contributed by atoms with Crippen LogP contribution >= 0.6 is 15.9 Å². The van der Waals surface area contributed by atoms with Crippen LogP contribution in [0, 0.1) is 0 Å². The van der Waals surface area contributed by atoms with E-state index < -0.39 is 0 Å². The third kappa shape index (κ3) is 1.66. The lowest BCUT2D eigenvalue weighted by molar-refractivity contribution is 0.477. The molecule has 0 aromatic heterocycles. The molecule has 0 radical (unpaired) electrons. The Hall–Kier alpha value is -1.28. The van der Waals surface area contributed by atoms with Gasteiger partial charge in [0.2, 0.25) is 0 Å². The van der Waals surface area contributed by atoms with Gasteiger partial charge in [0.05, 0.1) is 0 Å². The minimum Gasteiger partial charge on any atom is -0.507 e. The van der Waals surface area contributed by atoms with E-state index in [1.807, 2.05) is 42.5 Å². The minimum atomic E-state index is 0.297. The Morgan fingerprint density at radius 3 is 2.21 bits per heavy atom. The van der Waals surface area contributed by atoms with Crippen LogP contribution in [0.2, 0.25) is 0 Å². The summed E-state index contributed by atoms with van der Waals surface area (Å²) in [5, 5.41) is 9.71. The van der Waals surface area contributed by atoms with E-state index in [0.717, 1.165) is 15.6 Å². The first kappa shape index (κ1) is 9.28. The molecule has 0 saturated carbocycles. The Morgan fingerprint density at radius 1 is 0.857 bits per heavy atom. The fourth-order valence-electron chi connectivity index (χ4n) is 1.40. The van der Waals surface area contributed by atoms with E-state index in [1.165, 1.54) is 0 Å². The van der Waals surface area contributed by atoms with Gasteiger partial charge in [-0.1, -0.05) is 52.3 Å². The first-order chi connectivity index (χ1) is 6.79. The van der Waals surface area contributed by atoms with Crippen LogP contribution in [0.4, 0.5) is 0 Å². The van der Waals surface area contributed by atoms with Crippen LogP contribution in [0.1, 0.15) is 0 Å². The number of aromatic hydroxyl groups is 1. The molecule has 0 aliphatic rings. The fourth-order valence-corrected chi connectivity index (χ4v) is 1.99. The largest absolute Gasteiger partial charge is 0.507 e. The minimum absolute atomic E-state index is 0.297. The summed E-state index contributed by atoms with van der Waals surface area (Å²) in [6.07, 6.45) is 0. The van der Waals surface area contributed by atoms with Gasteiger partial charge in [0.15, 0.2) is 0 Å². The average Bonchev–Trinajstić information content (AvgIpc) is 2.19. The maximum atomic E-state index is 9.71. The lowest BCUT2D eigenvalue weighted by Crippen LogP contribution is -1.80. The summed E-state index contributed by atoms with van der Waals surface area (Å²) in [6, 6.07) is 15.2. The zero-order valence-corrected chi connectivity index (χ0v) is 9.03. The molecule has 0 heterocycles. The number of phenolic OH excluding ortho intramolecular Hbond substituents is 1. The molecule has 2 rings (SSSR count). The van der Waals surface area contributed by atoms with Gasteiger partial charge >= 0.3 is 0 Å². The van der Waals surface area contributed by atoms with Crippen molar-refractivity contribution < 1.29 is 5.11 Å². The van der Waals surface area contributed by atoms with Crippen molar-refractivity contribution in [3.63, 3.8) is 0 Å². The molecule has 0 unspecified atom stereocenters. The van der Waals surface area contributed by atoms with Gasteiger partial charge in [0.1, 0.15) is 5.75 Å². The summed E-state index contributed by atoms with van der Waals surface area (Å²) >= 11 is 3.42. The molecule has 0 bridgehead atoms. The van der Waals surface area contributed by atoms with E-state index in [9.17, 15) is 5.11 Å². The number of halogens is 1. The summed E-state index contributed by atoms with van der Waals surface area (Å²) in [7, 11) is 0. The lowest BCUT2D eigenvalue weighted by Gasteiger charge is -2.06. The van der Waals surface area contributed by atoms with E-state index in [-0.39, 0.29) is 0 Å². The molecule has 0 fully saturated rings. The highest BCUT2D eigenvalue weighted by molar-refractivity contribution is 9.10. The van der Waals surface area contributed by atoms with Crippen LogP contribution in [0.5, 0.6) is 5.75 Å². The molecule has 14 heavy (non-hydrogen) atoms. The molecule has 0 aliphatic heterocycles. The lowest BCUT2D eigenvalue weighted by atomic mass is 10.1. The quantitative estimate of drug-likeness (QED) is 0.814. The standard InChI is InChI=1S/C12H9BrO/c13-10-7-4-8-11(14)12(10)9-5-2-1-3-6-9/h1-8,14H. The second kappa shape index (κ2) is 3.84. The molecule has 0 saturated heterocycles. The maximum Gasteiger partial charge on any atom is 0.124 e. The van der Waals surface area contributed by atoms with E-state index in [4.69, 9.17) is 0 Å². The fraction of sp³-hybridized carbons (Fsp3) is 0. The van der Waals surface area contributed by atoms with Gasteiger partial charge in [0, 0.05) is 10.0 Å². The molecule has 70 valence electrons. The molecular formula is C12H9BrO. The average molecular weight is 249 g/mol. The number of hydrogen-bond acceptors (Lipinski definition) is 1. The van der Waals surface area contributed by atoms with Gasteiger partial charge in [-0.2, -0.15) is 0 Å². The molecule has 0 aliphatic carbocycles. The van der Waals surface area contributed by atoms with Crippen molar-refractivity contribution in [2.45, 2.75) is 0 Å². The van der Waals surface area contributed by atoms with Crippen LogP contribution in [0.25, 0.3) is 11.1 Å². The van der Waals surface area contributed by atoms with Crippen molar-refractivity contribution in [1.82, 2.24) is 0 Å². The van der Waals surface area contributed by atoms with Crippen molar-refractivity contribution in [3.8, 4) is 16.9 Å². The molecular weight excluding hydrogens is 240 g/mol. The summed E-state index contributed by atoms with van der Waals surface area (Å²) < 4.78 is 0.906. The highest BCUT2D eigenvalue weighted by Crippen LogP contribution is 2.35. The van der Waals surface area contributed by atoms with Gasteiger partial charge in [-0.15, -0.1) is 0 Å². The molecule has 1 N–H and O–H groups in total. The number of phenols is 1. The zero-order valence-electron chi connectivity index (χ0n) is 7.44. The number of benzene rings is 2. The van der Waals surface area contributed by atoms with Gasteiger partial charge < -0.3 is 5.11 Å². The zero-order chi connectivity index (χ0) is 9.97. The SMILES string of the molecule is Oc1cccc(Br)c1-c1ccccc1. The second-order valence-electron chi connectivity index (χ2n) is 3.00. The van der Waals surface area contributed by atoms with Crippen LogP contribution in [0.15, 0.2) is 53.0 Å². The molecule has 0 amide bonds. The van der Waals surface area contributed by atoms with Gasteiger partial charge in [-0.3, -0.25) is 0 Å². The van der Waals surface area contributed by atoms with Crippen LogP contribution in [0.3, 0.4) is 0 Å². The third-order valence-corrected chi connectivity index (χ3v) is 2.71. The van der Waals surface area contributed by atoms with Crippen LogP contribution < -0.4 is 0 Å². The Bertz CT molecular complexity index is 417. The molecule has 1 nitrogen and oxygen atoms in total. The maximum absolute atomic E-state index is 9.71. The Kier molecular flexibility index (Phi) is 2.55.